The summed E-state index contributed by atoms with van der Waals surface area (Å²) in [6, 6.07) is 21.7. The summed E-state index contributed by atoms with van der Waals surface area (Å²) in [7, 11) is 0. The highest BCUT2D eigenvalue weighted by molar-refractivity contribution is 5.95. The van der Waals surface area contributed by atoms with Crippen molar-refractivity contribution in [3.8, 4) is 16.9 Å². The molecule has 1 aliphatic carbocycles. The summed E-state index contributed by atoms with van der Waals surface area (Å²) in [5, 5.41) is 8.74. The minimum absolute atomic E-state index is 0.0453. The van der Waals surface area contributed by atoms with Gasteiger partial charge in [0.2, 0.25) is 0 Å². The van der Waals surface area contributed by atoms with E-state index in [1.54, 1.807) is 42.5 Å². The predicted molar refractivity (Wildman–Crippen MR) is 133 cm³/mol. The number of aliphatic carboxylic acids is 1. The van der Waals surface area contributed by atoms with E-state index in [0.29, 0.717) is 30.7 Å². The lowest BCUT2D eigenvalue weighted by Gasteiger charge is -2.24. The van der Waals surface area contributed by atoms with Gasteiger partial charge in [0, 0.05) is 35.7 Å². The average Bonchev–Trinajstić information content (AvgIpc) is 3.71. The lowest BCUT2D eigenvalue weighted by atomic mass is 10.0. The summed E-state index contributed by atoms with van der Waals surface area (Å²) in [6.07, 6.45) is 4.35. The largest absolute Gasteiger partial charge is 0.493 e. The number of hydrogen-bond acceptors (Lipinski definition) is 3. The molecule has 0 spiro atoms. The first kappa shape index (κ1) is 24.5. The molecular weight excluding hydrogens is 445 g/mol. The third-order valence-electron chi connectivity index (χ3n) is 6.17. The minimum Gasteiger partial charge on any atom is -0.493 e. The van der Waals surface area contributed by atoms with Crippen molar-refractivity contribution >= 4 is 11.9 Å². The van der Waals surface area contributed by atoms with Crippen LogP contribution >= 0.6 is 0 Å². The maximum atomic E-state index is 14.1. The fourth-order valence-electron chi connectivity index (χ4n) is 4.10. The van der Waals surface area contributed by atoms with E-state index < -0.39 is 5.97 Å². The molecule has 0 atom stereocenters. The highest BCUT2D eigenvalue weighted by Gasteiger charge is 2.33. The Morgan fingerprint density at radius 1 is 0.914 bits per heavy atom. The first-order valence-electron chi connectivity index (χ1n) is 12.1. The maximum Gasteiger partial charge on any atom is 0.303 e. The number of amides is 1. The van der Waals surface area contributed by atoms with E-state index >= 15 is 0 Å². The Bertz CT molecular complexity index is 1160. The molecule has 182 valence electrons. The van der Waals surface area contributed by atoms with Gasteiger partial charge in [-0.25, -0.2) is 4.39 Å². The van der Waals surface area contributed by atoms with Gasteiger partial charge in [0.25, 0.3) is 5.91 Å². The van der Waals surface area contributed by atoms with Crippen molar-refractivity contribution < 1.29 is 23.8 Å². The van der Waals surface area contributed by atoms with Gasteiger partial charge in [0.1, 0.15) is 11.6 Å². The number of benzene rings is 3. The van der Waals surface area contributed by atoms with Crippen LogP contribution in [0.4, 0.5) is 4.39 Å². The van der Waals surface area contributed by atoms with E-state index in [2.05, 4.69) is 0 Å². The second-order valence-corrected chi connectivity index (χ2v) is 8.88. The highest BCUT2D eigenvalue weighted by atomic mass is 19.1. The fourth-order valence-corrected chi connectivity index (χ4v) is 4.10. The van der Waals surface area contributed by atoms with Crippen LogP contribution in [0.5, 0.6) is 5.75 Å². The van der Waals surface area contributed by atoms with E-state index in [1.165, 1.54) is 6.07 Å². The molecule has 4 rings (SSSR count). The quantitative estimate of drug-likeness (QED) is 0.311. The van der Waals surface area contributed by atoms with Crippen molar-refractivity contribution in [1.82, 2.24) is 4.90 Å². The second-order valence-electron chi connectivity index (χ2n) is 8.88. The average molecular weight is 476 g/mol. The summed E-state index contributed by atoms with van der Waals surface area (Å²) in [4.78, 5) is 25.9. The van der Waals surface area contributed by atoms with Crippen LogP contribution in [0.1, 0.15) is 54.4 Å². The zero-order chi connectivity index (χ0) is 24.6. The van der Waals surface area contributed by atoms with Crippen molar-refractivity contribution in [2.75, 3.05) is 6.61 Å². The Hall–Kier alpha value is -3.67. The molecule has 3 aromatic carbocycles. The van der Waals surface area contributed by atoms with Crippen LogP contribution in [-0.2, 0) is 11.3 Å². The number of rotatable bonds is 12. The van der Waals surface area contributed by atoms with Crippen LogP contribution < -0.4 is 4.74 Å². The Balaban J connectivity index is 1.41. The van der Waals surface area contributed by atoms with Gasteiger partial charge in [-0.3, -0.25) is 9.59 Å². The number of carbonyl (C=O) groups is 2. The number of unbranched alkanes of at least 4 members (excludes halogenated alkanes) is 2. The first-order chi connectivity index (χ1) is 17.0. The molecule has 3 aromatic rings. The molecule has 1 amide bonds. The Labute approximate surface area is 205 Å². The van der Waals surface area contributed by atoms with Crippen molar-refractivity contribution in [3.63, 3.8) is 0 Å². The van der Waals surface area contributed by atoms with Crippen LogP contribution in [-0.4, -0.2) is 34.5 Å². The normalized spacial score (nSPS) is 12.8. The van der Waals surface area contributed by atoms with E-state index in [0.717, 1.165) is 42.6 Å². The van der Waals surface area contributed by atoms with E-state index in [9.17, 15) is 14.0 Å². The van der Waals surface area contributed by atoms with Crippen molar-refractivity contribution in [1.29, 1.82) is 0 Å². The molecule has 0 saturated heterocycles. The number of para-hydroxylation sites is 1. The van der Waals surface area contributed by atoms with Gasteiger partial charge in [0.15, 0.2) is 0 Å². The summed E-state index contributed by atoms with van der Waals surface area (Å²) in [6.45, 7) is 0.958. The zero-order valence-corrected chi connectivity index (χ0v) is 19.7. The second kappa shape index (κ2) is 11.6. The zero-order valence-electron chi connectivity index (χ0n) is 19.7. The SMILES string of the molecule is O=C(O)CCCCCOc1ccccc1CN(C(=O)c1ccc(-c2ccccc2F)cc1)C1CC1. The lowest BCUT2D eigenvalue weighted by Crippen LogP contribution is -2.32. The summed E-state index contributed by atoms with van der Waals surface area (Å²) < 4.78 is 20.1. The van der Waals surface area contributed by atoms with Crippen molar-refractivity contribution in [2.24, 2.45) is 0 Å². The highest BCUT2D eigenvalue weighted by Crippen LogP contribution is 2.32. The van der Waals surface area contributed by atoms with Crippen LogP contribution in [0, 0.1) is 5.82 Å². The van der Waals surface area contributed by atoms with E-state index in [1.807, 2.05) is 29.2 Å². The smallest absolute Gasteiger partial charge is 0.303 e. The number of carboxylic acids is 1. The van der Waals surface area contributed by atoms with Crippen LogP contribution in [0.25, 0.3) is 11.1 Å². The Morgan fingerprint density at radius 3 is 2.34 bits per heavy atom. The molecule has 1 aliphatic rings. The molecule has 5 nitrogen and oxygen atoms in total. The van der Waals surface area contributed by atoms with Gasteiger partial charge in [-0.15, -0.1) is 0 Å². The third-order valence-corrected chi connectivity index (χ3v) is 6.17. The lowest BCUT2D eigenvalue weighted by molar-refractivity contribution is -0.137. The molecular formula is C29H30FNO4. The fraction of sp³-hybridized carbons (Fsp3) is 0.310. The summed E-state index contributed by atoms with van der Waals surface area (Å²) in [5.41, 5.74) is 2.77. The molecule has 0 aliphatic heterocycles. The Morgan fingerprint density at radius 2 is 1.63 bits per heavy atom. The minimum atomic E-state index is -0.775. The molecule has 0 aromatic heterocycles. The van der Waals surface area contributed by atoms with Crippen LogP contribution in [0.2, 0.25) is 0 Å². The molecule has 0 unspecified atom stereocenters. The van der Waals surface area contributed by atoms with Gasteiger partial charge < -0.3 is 14.7 Å². The van der Waals surface area contributed by atoms with Crippen molar-refractivity contribution in [2.45, 2.75) is 51.1 Å². The summed E-state index contributed by atoms with van der Waals surface area (Å²) >= 11 is 0. The predicted octanol–water partition coefficient (Wildman–Crippen LogP) is 6.32. The summed E-state index contributed by atoms with van der Waals surface area (Å²) in [5.74, 6) is -0.359. The number of nitrogens with zero attached hydrogens (tertiary/aromatic N) is 1. The van der Waals surface area contributed by atoms with Crippen LogP contribution in [0.15, 0.2) is 72.8 Å². The molecule has 1 fully saturated rings. The van der Waals surface area contributed by atoms with Crippen LogP contribution in [0.3, 0.4) is 0 Å². The first-order valence-corrected chi connectivity index (χ1v) is 12.1. The third kappa shape index (κ3) is 6.69. The number of carboxylic acid groups (broad SMARTS) is 1. The van der Waals surface area contributed by atoms with Gasteiger partial charge >= 0.3 is 5.97 Å². The van der Waals surface area contributed by atoms with E-state index in [-0.39, 0.29) is 24.2 Å². The molecule has 6 heteroatoms. The molecule has 1 N–H and O–H groups in total. The maximum absolute atomic E-state index is 14.1. The Kier molecular flexibility index (Phi) is 8.14. The molecule has 0 bridgehead atoms. The number of ether oxygens (including phenoxy) is 1. The van der Waals surface area contributed by atoms with Crippen molar-refractivity contribution in [3.05, 3.63) is 89.7 Å². The molecule has 1 saturated carbocycles. The number of hydrogen-bond donors (Lipinski definition) is 1. The van der Waals surface area contributed by atoms with Gasteiger partial charge in [-0.2, -0.15) is 0 Å². The van der Waals surface area contributed by atoms with E-state index in [4.69, 9.17) is 9.84 Å². The molecule has 35 heavy (non-hydrogen) atoms. The topological polar surface area (TPSA) is 66.8 Å². The number of carbonyl (C=O) groups excluding carboxylic acids is 1. The molecule has 0 radical (unpaired) electrons. The standard InChI is InChI=1S/C29H30FNO4/c30-26-10-5-4-9-25(26)21-13-15-22(16-14-21)29(34)31(24-17-18-24)20-23-8-3-6-11-27(23)35-19-7-1-2-12-28(32)33/h3-6,8-11,13-16,24H,1-2,7,12,17-20H2,(H,32,33). The van der Waals surface area contributed by atoms with Gasteiger partial charge in [0.05, 0.1) is 6.61 Å². The van der Waals surface area contributed by atoms with Gasteiger partial charge in [-0.1, -0.05) is 48.5 Å². The van der Waals surface area contributed by atoms with Gasteiger partial charge in [-0.05, 0) is 61.9 Å². The number of halogens is 1. The monoisotopic (exact) mass is 475 g/mol. The molecule has 0 heterocycles.